The van der Waals surface area contributed by atoms with Crippen LogP contribution in [0.15, 0.2) is 18.3 Å². The molecule has 0 spiro atoms. The first kappa shape index (κ1) is 14.7. The minimum absolute atomic E-state index is 0.0650. The summed E-state index contributed by atoms with van der Waals surface area (Å²) in [4.78, 5) is 26.1. The third-order valence-corrected chi connectivity index (χ3v) is 3.40. The summed E-state index contributed by atoms with van der Waals surface area (Å²) < 4.78 is 6.92. The van der Waals surface area contributed by atoms with E-state index in [2.05, 4.69) is 10.2 Å². The van der Waals surface area contributed by atoms with Gasteiger partial charge in [-0.1, -0.05) is 0 Å². The van der Waals surface area contributed by atoms with Crippen molar-refractivity contribution in [3.05, 3.63) is 24.0 Å². The number of amides is 1. The van der Waals surface area contributed by atoms with Crippen LogP contribution in [-0.4, -0.2) is 60.0 Å². The van der Waals surface area contributed by atoms with Crippen LogP contribution in [0.1, 0.15) is 17.4 Å². The fourth-order valence-corrected chi connectivity index (χ4v) is 2.32. The van der Waals surface area contributed by atoms with E-state index in [4.69, 9.17) is 4.74 Å². The summed E-state index contributed by atoms with van der Waals surface area (Å²) in [6.45, 7) is 5.82. The molecule has 20 heavy (non-hydrogen) atoms. The number of hydrogen-bond acceptors (Lipinski definition) is 4. The largest absolute Gasteiger partial charge is 0.379 e. The lowest BCUT2D eigenvalue weighted by Crippen LogP contribution is -2.47. The van der Waals surface area contributed by atoms with Gasteiger partial charge < -0.3 is 14.6 Å². The van der Waals surface area contributed by atoms with Gasteiger partial charge in [0.1, 0.15) is 0 Å². The van der Waals surface area contributed by atoms with Crippen LogP contribution >= 0.6 is 0 Å². The highest BCUT2D eigenvalue weighted by Gasteiger charge is 2.21. The summed E-state index contributed by atoms with van der Waals surface area (Å²) >= 11 is 0. The van der Waals surface area contributed by atoms with Gasteiger partial charge >= 0.3 is 0 Å². The average Bonchev–Trinajstić information content (AvgIpc) is 2.85. The molecular weight excluding hydrogens is 258 g/mol. The summed E-state index contributed by atoms with van der Waals surface area (Å²) in [7, 11) is 1.75. The van der Waals surface area contributed by atoms with Crippen LogP contribution in [0.2, 0.25) is 0 Å². The number of ketones is 1. The molecule has 0 bridgehead atoms. The van der Waals surface area contributed by atoms with Gasteiger partial charge in [0, 0.05) is 38.9 Å². The zero-order valence-electron chi connectivity index (χ0n) is 12.0. The molecule has 0 saturated carbocycles. The van der Waals surface area contributed by atoms with E-state index in [0.29, 0.717) is 5.69 Å². The van der Waals surface area contributed by atoms with Crippen LogP contribution in [0, 0.1) is 0 Å². The molecule has 6 nitrogen and oxygen atoms in total. The van der Waals surface area contributed by atoms with Gasteiger partial charge in [-0.2, -0.15) is 0 Å². The second-order valence-corrected chi connectivity index (χ2v) is 5.12. The van der Waals surface area contributed by atoms with Gasteiger partial charge in [-0.25, -0.2) is 0 Å². The predicted molar refractivity (Wildman–Crippen MR) is 74.6 cm³/mol. The first-order valence-electron chi connectivity index (χ1n) is 6.84. The van der Waals surface area contributed by atoms with E-state index < -0.39 is 11.7 Å². The third kappa shape index (κ3) is 3.68. The normalized spacial score (nSPS) is 17.7. The molecule has 0 unspecified atom stereocenters. The molecule has 1 aromatic rings. The summed E-state index contributed by atoms with van der Waals surface area (Å²) in [6.07, 6.45) is 1.75. The number of rotatable bonds is 5. The Hall–Kier alpha value is -1.66. The Balaban J connectivity index is 1.84. The van der Waals surface area contributed by atoms with Crippen molar-refractivity contribution in [1.82, 2.24) is 14.8 Å². The van der Waals surface area contributed by atoms with Crippen molar-refractivity contribution in [3.63, 3.8) is 0 Å². The summed E-state index contributed by atoms with van der Waals surface area (Å²) in [5.41, 5.74) is 0.404. The second-order valence-electron chi connectivity index (χ2n) is 5.12. The first-order chi connectivity index (χ1) is 9.58. The number of nitrogens with one attached hydrogen (secondary N) is 1. The maximum Gasteiger partial charge on any atom is 0.294 e. The fraction of sp³-hybridized carbons (Fsp3) is 0.571. The molecular formula is C14H21N3O3. The van der Waals surface area contributed by atoms with E-state index in [0.717, 1.165) is 32.8 Å². The molecule has 0 aliphatic carbocycles. The van der Waals surface area contributed by atoms with Gasteiger partial charge in [0.2, 0.25) is 0 Å². The van der Waals surface area contributed by atoms with E-state index >= 15 is 0 Å². The molecule has 1 aromatic heterocycles. The molecule has 1 amide bonds. The predicted octanol–water partition coefficient (Wildman–Crippen LogP) is 0.0447. The summed E-state index contributed by atoms with van der Waals surface area (Å²) in [5.74, 6) is -1.04. The molecule has 1 saturated heterocycles. The second kappa shape index (κ2) is 6.67. The Kier molecular flexibility index (Phi) is 4.92. The number of carbonyl (C=O) groups excluding carboxylic acids is 2. The van der Waals surface area contributed by atoms with Crippen LogP contribution in [0.3, 0.4) is 0 Å². The maximum absolute atomic E-state index is 12.0. The van der Waals surface area contributed by atoms with Gasteiger partial charge in [-0.3, -0.25) is 14.5 Å². The molecule has 2 heterocycles. The van der Waals surface area contributed by atoms with Gasteiger partial charge in [0.05, 0.1) is 18.9 Å². The van der Waals surface area contributed by atoms with Crippen molar-refractivity contribution in [2.45, 2.75) is 13.0 Å². The lowest BCUT2D eigenvalue weighted by atomic mass is 10.2. The molecule has 1 atom stereocenters. The Morgan fingerprint density at radius 2 is 2.10 bits per heavy atom. The molecule has 1 aliphatic rings. The smallest absolute Gasteiger partial charge is 0.294 e. The quantitative estimate of drug-likeness (QED) is 0.611. The molecule has 0 radical (unpaired) electrons. The number of aromatic nitrogens is 1. The van der Waals surface area contributed by atoms with Crippen molar-refractivity contribution in [2.24, 2.45) is 7.05 Å². The molecule has 1 aliphatic heterocycles. The van der Waals surface area contributed by atoms with E-state index in [-0.39, 0.29) is 6.04 Å². The zero-order valence-corrected chi connectivity index (χ0v) is 12.0. The minimum Gasteiger partial charge on any atom is -0.379 e. The summed E-state index contributed by atoms with van der Waals surface area (Å²) in [6, 6.07) is 3.33. The zero-order chi connectivity index (χ0) is 14.5. The number of carbonyl (C=O) groups is 2. The SMILES string of the molecule is C[C@H](CN1CCOCC1)NC(=O)C(=O)c1cccn1C. The van der Waals surface area contributed by atoms with Gasteiger partial charge in [0.15, 0.2) is 0 Å². The van der Waals surface area contributed by atoms with E-state index in [1.54, 1.807) is 29.9 Å². The Labute approximate surface area is 118 Å². The monoisotopic (exact) mass is 279 g/mol. The highest BCUT2D eigenvalue weighted by Crippen LogP contribution is 2.02. The van der Waals surface area contributed by atoms with E-state index in [9.17, 15) is 9.59 Å². The Morgan fingerprint density at radius 1 is 1.40 bits per heavy atom. The van der Waals surface area contributed by atoms with Crippen LogP contribution in [0.25, 0.3) is 0 Å². The number of hydrogen-bond donors (Lipinski definition) is 1. The van der Waals surface area contributed by atoms with Gasteiger partial charge in [0.25, 0.3) is 11.7 Å². The first-order valence-corrected chi connectivity index (χ1v) is 6.84. The van der Waals surface area contributed by atoms with Crippen LogP contribution in [0.4, 0.5) is 0 Å². The van der Waals surface area contributed by atoms with Gasteiger partial charge in [-0.15, -0.1) is 0 Å². The maximum atomic E-state index is 12.0. The van der Waals surface area contributed by atoms with Crippen molar-refractivity contribution in [2.75, 3.05) is 32.8 Å². The lowest BCUT2D eigenvalue weighted by Gasteiger charge is -2.29. The molecule has 1 fully saturated rings. The number of ether oxygens (including phenoxy) is 1. The molecule has 110 valence electrons. The molecule has 2 rings (SSSR count). The van der Waals surface area contributed by atoms with Crippen molar-refractivity contribution in [1.29, 1.82) is 0 Å². The number of aryl methyl sites for hydroxylation is 1. The highest BCUT2D eigenvalue weighted by atomic mass is 16.5. The Bertz CT molecular complexity index is 478. The van der Waals surface area contributed by atoms with Gasteiger partial charge in [-0.05, 0) is 19.1 Å². The van der Waals surface area contributed by atoms with Crippen molar-refractivity contribution < 1.29 is 14.3 Å². The number of morpholine rings is 1. The molecule has 1 N–H and O–H groups in total. The van der Waals surface area contributed by atoms with Crippen LogP contribution in [-0.2, 0) is 16.6 Å². The van der Waals surface area contributed by atoms with E-state index in [1.165, 1.54) is 0 Å². The van der Waals surface area contributed by atoms with Crippen molar-refractivity contribution >= 4 is 11.7 Å². The van der Waals surface area contributed by atoms with E-state index in [1.807, 2.05) is 6.92 Å². The lowest BCUT2D eigenvalue weighted by molar-refractivity contribution is -0.117. The summed E-state index contributed by atoms with van der Waals surface area (Å²) in [5, 5.41) is 2.76. The van der Waals surface area contributed by atoms with Crippen LogP contribution < -0.4 is 5.32 Å². The topological polar surface area (TPSA) is 63.6 Å². The average molecular weight is 279 g/mol. The molecule has 0 aromatic carbocycles. The minimum atomic E-state index is -0.549. The fourth-order valence-electron chi connectivity index (χ4n) is 2.32. The third-order valence-electron chi connectivity index (χ3n) is 3.40. The Morgan fingerprint density at radius 3 is 2.70 bits per heavy atom. The number of Topliss-reactive ketones (excluding diaryl/α,β-unsaturated/α-hetero) is 1. The number of nitrogens with zero attached hydrogens (tertiary/aromatic N) is 2. The molecule has 6 heteroatoms. The van der Waals surface area contributed by atoms with Crippen LogP contribution in [0.5, 0.6) is 0 Å². The highest BCUT2D eigenvalue weighted by molar-refractivity contribution is 6.42. The standard InChI is InChI=1S/C14H21N3O3/c1-11(10-17-6-8-20-9-7-17)15-14(19)13(18)12-4-3-5-16(12)2/h3-5,11H,6-10H2,1-2H3,(H,15,19)/t11-/m1/s1. The van der Waals surface area contributed by atoms with Crippen molar-refractivity contribution in [3.8, 4) is 0 Å².